The van der Waals surface area contributed by atoms with Crippen molar-refractivity contribution in [1.82, 2.24) is 15.2 Å². The summed E-state index contributed by atoms with van der Waals surface area (Å²) in [6.07, 6.45) is 3.26. The number of amides is 1. The summed E-state index contributed by atoms with van der Waals surface area (Å²) in [4.78, 5) is 12.2. The molecule has 0 saturated carbocycles. The van der Waals surface area contributed by atoms with E-state index in [1.165, 1.54) is 18.3 Å². The van der Waals surface area contributed by atoms with Crippen LogP contribution in [0.25, 0.3) is 16.9 Å². The number of carbonyl (C=O) groups excluding carboxylic acids is 1. The molecule has 160 valence electrons. The van der Waals surface area contributed by atoms with Crippen LogP contribution in [-0.2, 0) is 0 Å². The molecule has 1 heterocycles. The second kappa shape index (κ2) is 9.65. The van der Waals surface area contributed by atoms with Crippen LogP contribution < -0.4 is 10.2 Å². The van der Waals surface area contributed by atoms with Gasteiger partial charge in [-0.15, -0.1) is 0 Å². The fourth-order valence-electron chi connectivity index (χ4n) is 3.03. The lowest BCUT2D eigenvalue weighted by Crippen LogP contribution is -2.17. The van der Waals surface area contributed by atoms with Gasteiger partial charge in [0.2, 0.25) is 0 Å². The molecule has 0 atom stereocenters. The molecule has 1 aromatic heterocycles. The van der Waals surface area contributed by atoms with Gasteiger partial charge in [0.1, 0.15) is 11.4 Å². The van der Waals surface area contributed by atoms with Crippen LogP contribution in [0, 0.1) is 0 Å². The molecule has 4 aromatic rings. The highest BCUT2D eigenvalue weighted by Crippen LogP contribution is 2.25. The van der Waals surface area contributed by atoms with Crippen LogP contribution in [0.2, 0.25) is 0 Å². The Morgan fingerprint density at radius 2 is 1.62 bits per heavy atom. The zero-order valence-electron chi connectivity index (χ0n) is 16.7. The molecule has 3 aromatic carbocycles. The Hall–Kier alpha value is -4.33. The summed E-state index contributed by atoms with van der Waals surface area (Å²) in [6, 6.07) is 24.4. The maximum Gasteiger partial charge on any atom is 0.387 e. The Morgan fingerprint density at radius 1 is 0.969 bits per heavy atom. The van der Waals surface area contributed by atoms with Crippen LogP contribution in [0.5, 0.6) is 5.75 Å². The smallest absolute Gasteiger partial charge is 0.387 e. The molecule has 6 nitrogen and oxygen atoms in total. The molecular formula is C24H18F2N4O2. The van der Waals surface area contributed by atoms with E-state index < -0.39 is 6.61 Å². The number of nitrogens with zero attached hydrogens (tertiary/aromatic N) is 3. The first-order valence-corrected chi connectivity index (χ1v) is 9.69. The number of rotatable bonds is 7. The van der Waals surface area contributed by atoms with Gasteiger partial charge in [-0.05, 0) is 48.5 Å². The van der Waals surface area contributed by atoms with Gasteiger partial charge < -0.3 is 4.74 Å². The average Bonchev–Trinajstić information content (AvgIpc) is 3.24. The fraction of sp³-hybridized carbons (Fsp3) is 0.0417. The predicted octanol–water partition coefficient (Wildman–Crippen LogP) is 4.90. The molecule has 0 bridgehead atoms. The molecule has 1 N–H and O–H groups in total. The van der Waals surface area contributed by atoms with Crippen molar-refractivity contribution < 1.29 is 18.3 Å². The highest BCUT2D eigenvalue weighted by atomic mass is 19.3. The highest BCUT2D eigenvalue weighted by Gasteiger charge is 2.12. The van der Waals surface area contributed by atoms with Crippen LogP contribution in [-0.4, -0.2) is 28.5 Å². The van der Waals surface area contributed by atoms with Gasteiger partial charge in [-0.2, -0.15) is 19.0 Å². The van der Waals surface area contributed by atoms with Crippen LogP contribution >= 0.6 is 0 Å². The van der Waals surface area contributed by atoms with Gasteiger partial charge in [0.25, 0.3) is 5.91 Å². The van der Waals surface area contributed by atoms with Crippen LogP contribution in [0.1, 0.15) is 15.9 Å². The van der Waals surface area contributed by atoms with Crippen molar-refractivity contribution in [1.29, 1.82) is 0 Å². The highest BCUT2D eigenvalue weighted by molar-refractivity contribution is 5.95. The zero-order valence-corrected chi connectivity index (χ0v) is 16.7. The maximum atomic E-state index is 12.4. The van der Waals surface area contributed by atoms with Crippen molar-refractivity contribution in [2.75, 3.05) is 0 Å². The van der Waals surface area contributed by atoms with E-state index in [1.54, 1.807) is 47.3 Å². The van der Waals surface area contributed by atoms with Gasteiger partial charge in [-0.1, -0.05) is 36.4 Å². The minimum absolute atomic E-state index is 0.0524. The van der Waals surface area contributed by atoms with Crippen LogP contribution in [0.3, 0.4) is 0 Å². The first-order valence-electron chi connectivity index (χ1n) is 9.69. The molecule has 0 saturated heterocycles. The quantitative estimate of drug-likeness (QED) is 0.333. The molecule has 0 aliphatic rings. The van der Waals surface area contributed by atoms with Crippen LogP contribution in [0.4, 0.5) is 8.78 Å². The minimum atomic E-state index is -2.89. The van der Waals surface area contributed by atoms with E-state index in [9.17, 15) is 13.6 Å². The third kappa shape index (κ3) is 5.04. The van der Waals surface area contributed by atoms with Gasteiger partial charge in [0.05, 0.1) is 11.9 Å². The molecule has 4 rings (SSSR count). The Labute approximate surface area is 182 Å². The molecule has 1 amide bonds. The number of aromatic nitrogens is 2. The first-order chi connectivity index (χ1) is 15.6. The monoisotopic (exact) mass is 432 g/mol. The van der Waals surface area contributed by atoms with Crippen molar-refractivity contribution in [2.45, 2.75) is 6.61 Å². The van der Waals surface area contributed by atoms with Gasteiger partial charge in [-0.25, -0.2) is 10.1 Å². The zero-order chi connectivity index (χ0) is 22.3. The lowest BCUT2D eigenvalue weighted by molar-refractivity contribution is -0.0498. The number of carbonyl (C=O) groups is 1. The number of nitrogens with one attached hydrogen (secondary N) is 1. The summed E-state index contributed by atoms with van der Waals surface area (Å²) < 4.78 is 31.0. The summed E-state index contributed by atoms with van der Waals surface area (Å²) in [5.41, 5.74) is 5.69. The summed E-state index contributed by atoms with van der Waals surface area (Å²) in [6.45, 7) is -2.89. The number of hydrogen-bond acceptors (Lipinski definition) is 4. The van der Waals surface area contributed by atoms with E-state index >= 15 is 0 Å². The molecule has 0 aliphatic carbocycles. The SMILES string of the molecule is O=C(NN=Cc1cn(-c2ccccc2)nc1-c1ccc(OC(F)F)cc1)c1ccccc1. The summed E-state index contributed by atoms with van der Waals surface area (Å²) in [5, 5.41) is 8.69. The van der Waals surface area contributed by atoms with Gasteiger partial charge >= 0.3 is 6.61 Å². The van der Waals surface area contributed by atoms with E-state index in [2.05, 4.69) is 20.4 Å². The van der Waals surface area contributed by atoms with E-state index in [0.717, 1.165) is 5.69 Å². The summed E-state index contributed by atoms with van der Waals surface area (Å²) in [5.74, 6) is -0.288. The van der Waals surface area contributed by atoms with Crippen molar-refractivity contribution in [3.63, 3.8) is 0 Å². The number of para-hydroxylation sites is 1. The lowest BCUT2D eigenvalue weighted by atomic mass is 10.1. The molecule has 8 heteroatoms. The van der Waals surface area contributed by atoms with Crippen LogP contribution in [0.15, 0.2) is 96.2 Å². The summed E-state index contributed by atoms with van der Waals surface area (Å²) >= 11 is 0. The van der Waals surface area contributed by atoms with Gasteiger partial charge in [0, 0.05) is 22.9 Å². The van der Waals surface area contributed by atoms with Crippen molar-refractivity contribution >= 4 is 12.1 Å². The Morgan fingerprint density at radius 3 is 2.28 bits per heavy atom. The molecule has 0 unspecified atom stereocenters. The lowest BCUT2D eigenvalue weighted by Gasteiger charge is -2.05. The maximum absolute atomic E-state index is 12.4. The van der Waals surface area contributed by atoms with E-state index in [1.807, 2.05) is 36.4 Å². The molecule has 0 aliphatic heterocycles. The van der Waals surface area contributed by atoms with Crippen molar-refractivity contribution in [2.24, 2.45) is 5.10 Å². The average molecular weight is 432 g/mol. The third-order valence-corrected chi connectivity index (χ3v) is 4.52. The standard InChI is InChI=1S/C24H18F2N4O2/c25-24(26)32-21-13-11-17(12-14-21)22-19(16-30(29-22)20-9-5-2-6-10-20)15-27-28-23(31)18-7-3-1-4-8-18/h1-16,24H,(H,28,31). The number of hydrogen-bond donors (Lipinski definition) is 1. The second-order valence-corrected chi connectivity index (χ2v) is 6.68. The number of halogens is 2. The molecule has 0 radical (unpaired) electrons. The number of benzene rings is 3. The topological polar surface area (TPSA) is 68.5 Å². The largest absolute Gasteiger partial charge is 0.435 e. The van der Waals surface area contributed by atoms with Crippen molar-refractivity contribution in [3.05, 3.63) is 102 Å². The van der Waals surface area contributed by atoms with E-state index in [4.69, 9.17) is 0 Å². The van der Waals surface area contributed by atoms with Crippen molar-refractivity contribution in [3.8, 4) is 22.7 Å². The normalized spacial score (nSPS) is 11.1. The van der Waals surface area contributed by atoms with E-state index in [-0.39, 0.29) is 11.7 Å². The molecule has 32 heavy (non-hydrogen) atoms. The van der Waals surface area contributed by atoms with Gasteiger partial charge in [-0.3, -0.25) is 4.79 Å². The number of hydrazone groups is 1. The Kier molecular flexibility index (Phi) is 6.31. The van der Waals surface area contributed by atoms with E-state index in [0.29, 0.717) is 22.4 Å². The molecule has 0 spiro atoms. The first kappa shape index (κ1) is 20.9. The van der Waals surface area contributed by atoms with Gasteiger partial charge in [0.15, 0.2) is 0 Å². The number of alkyl halides is 2. The summed E-state index contributed by atoms with van der Waals surface area (Å²) in [7, 11) is 0. The third-order valence-electron chi connectivity index (χ3n) is 4.52. The fourth-order valence-corrected chi connectivity index (χ4v) is 3.03. The number of ether oxygens (including phenoxy) is 1. The Bertz CT molecular complexity index is 1210. The Balaban J connectivity index is 1.62. The molecule has 0 fully saturated rings. The second-order valence-electron chi connectivity index (χ2n) is 6.68. The minimum Gasteiger partial charge on any atom is -0.435 e. The predicted molar refractivity (Wildman–Crippen MR) is 117 cm³/mol. The molecular weight excluding hydrogens is 414 g/mol.